The lowest BCUT2D eigenvalue weighted by atomic mass is 9.89. The van der Waals surface area contributed by atoms with Gasteiger partial charge in [-0.3, -0.25) is 14.4 Å². The number of carbonyl (C=O) groups excluding carboxylic acids is 2. The molecule has 0 spiro atoms. The summed E-state index contributed by atoms with van der Waals surface area (Å²) < 4.78 is 1.82. The summed E-state index contributed by atoms with van der Waals surface area (Å²) in [6.07, 6.45) is 12.4. The number of hydrogen-bond acceptors (Lipinski definition) is 3. The van der Waals surface area contributed by atoms with Gasteiger partial charge >= 0.3 is 0 Å². The largest absolute Gasteiger partial charge is 0.352 e. The van der Waals surface area contributed by atoms with Crippen molar-refractivity contribution in [3.63, 3.8) is 0 Å². The Kier molecular flexibility index (Phi) is 5.79. The Morgan fingerprint density at radius 3 is 2.41 bits per heavy atom. The standard InChI is InChI=1S/C23H33N3O3/c1-15(2)25-13-19(22(28)24-11-16-6-4-3-5-7-16)21(27)20(14-25)23(29)26-12-17-8-9-18(26)10-17/h13-18H,3-12H2,1-2H3,(H,24,28). The summed E-state index contributed by atoms with van der Waals surface area (Å²) in [6, 6.07) is 0.310. The lowest BCUT2D eigenvalue weighted by molar-refractivity contribution is 0.0701. The zero-order valence-electron chi connectivity index (χ0n) is 17.7. The number of amides is 2. The molecule has 1 N–H and O–H groups in total. The van der Waals surface area contributed by atoms with Crippen LogP contribution in [0.3, 0.4) is 0 Å². The van der Waals surface area contributed by atoms with Gasteiger partial charge < -0.3 is 14.8 Å². The van der Waals surface area contributed by atoms with Gasteiger partial charge in [-0.25, -0.2) is 0 Å². The molecule has 1 aromatic rings. The first-order valence-electron chi connectivity index (χ1n) is 11.3. The van der Waals surface area contributed by atoms with Gasteiger partial charge in [-0.2, -0.15) is 0 Å². The third kappa shape index (κ3) is 4.12. The molecule has 2 bridgehead atoms. The summed E-state index contributed by atoms with van der Waals surface area (Å²) in [4.78, 5) is 41.0. The van der Waals surface area contributed by atoms with Crippen LogP contribution in [0.4, 0.5) is 0 Å². The fourth-order valence-corrected chi connectivity index (χ4v) is 5.26. The molecule has 3 fully saturated rings. The predicted octanol–water partition coefficient (Wildman–Crippen LogP) is 3.36. The second-order valence-electron chi connectivity index (χ2n) is 9.46. The summed E-state index contributed by atoms with van der Waals surface area (Å²) in [5, 5.41) is 2.96. The number of fused-ring (bicyclic) bond motifs is 2. The van der Waals surface area contributed by atoms with Crippen LogP contribution < -0.4 is 10.7 Å². The molecule has 29 heavy (non-hydrogen) atoms. The molecule has 2 heterocycles. The molecule has 0 aromatic carbocycles. The summed E-state index contributed by atoms with van der Waals surface area (Å²) >= 11 is 0. The zero-order chi connectivity index (χ0) is 20.5. The van der Waals surface area contributed by atoms with Crippen molar-refractivity contribution in [3.8, 4) is 0 Å². The normalized spacial score (nSPS) is 24.3. The molecule has 3 aliphatic rings. The number of likely N-dealkylation sites (tertiary alicyclic amines) is 1. The molecule has 2 amide bonds. The first-order valence-corrected chi connectivity index (χ1v) is 11.3. The number of carbonyl (C=O) groups is 2. The SMILES string of the molecule is CC(C)n1cc(C(=O)NCC2CCCCC2)c(=O)c(C(=O)N2CC3CCC2C3)c1. The molecule has 1 aliphatic heterocycles. The third-order valence-electron chi connectivity index (χ3n) is 7.06. The van der Waals surface area contributed by atoms with Crippen LogP contribution in [0.2, 0.25) is 0 Å². The Balaban J connectivity index is 1.57. The second-order valence-corrected chi connectivity index (χ2v) is 9.46. The number of pyridine rings is 1. The van der Waals surface area contributed by atoms with Crippen molar-refractivity contribution in [3.05, 3.63) is 33.7 Å². The Morgan fingerprint density at radius 1 is 1.07 bits per heavy atom. The molecular formula is C23H33N3O3. The Labute approximate surface area is 172 Å². The molecule has 4 rings (SSSR count). The van der Waals surface area contributed by atoms with Gasteiger partial charge in [0.15, 0.2) is 0 Å². The summed E-state index contributed by atoms with van der Waals surface area (Å²) in [5.74, 6) is 0.495. The van der Waals surface area contributed by atoms with Crippen LogP contribution in [-0.2, 0) is 0 Å². The van der Waals surface area contributed by atoms with Crippen molar-refractivity contribution in [2.75, 3.05) is 13.1 Å². The highest BCUT2D eigenvalue weighted by Crippen LogP contribution is 2.37. The van der Waals surface area contributed by atoms with Gasteiger partial charge in [0.2, 0.25) is 5.43 Å². The van der Waals surface area contributed by atoms with Crippen LogP contribution >= 0.6 is 0 Å². The van der Waals surface area contributed by atoms with Crippen LogP contribution in [-0.4, -0.2) is 40.4 Å². The van der Waals surface area contributed by atoms with E-state index in [0.29, 0.717) is 18.4 Å². The first-order chi connectivity index (χ1) is 13.9. The fourth-order valence-electron chi connectivity index (χ4n) is 5.26. The number of piperidine rings is 1. The Morgan fingerprint density at radius 2 is 1.79 bits per heavy atom. The average Bonchev–Trinajstić information content (AvgIpc) is 3.36. The first kappa shape index (κ1) is 20.2. The number of rotatable bonds is 5. The number of aromatic nitrogens is 1. The fraction of sp³-hybridized carbons (Fsp3) is 0.696. The molecular weight excluding hydrogens is 366 g/mol. The molecule has 0 radical (unpaired) electrons. The Hall–Kier alpha value is -2.11. The van der Waals surface area contributed by atoms with Gasteiger partial charge in [0.25, 0.3) is 11.8 Å². The molecule has 6 heteroatoms. The van der Waals surface area contributed by atoms with E-state index in [1.54, 1.807) is 12.4 Å². The summed E-state index contributed by atoms with van der Waals surface area (Å²) in [5.41, 5.74) is -0.211. The smallest absolute Gasteiger partial charge is 0.259 e. The van der Waals surface area contributed by atoms with Crippen LogP contribution in [0.1, 0.15) is 92.0 Å². The topological polar surface area (TPSA) is 71.4 Å². The summed E-state index contributed by atoms with van der Waals surface area (Å²) in [6.45, 7) is 5.32. The van der Waals surface area contributed by atoms with Crippen LogP contribution in [0.25, 0.3) is 0 Å². The van der Waals surface area contributed by atoms with Crippen molar-refractivity contribution in [2.24, 2.45) is 11.8 Å². The van der Waals surface area contributed by atoms with Crippen molar-refractivity contribution >= 4 is 11.8 Å². The molecule has 2 aliphatic carbocycles. The van der Waals surface area contributed by atoms with Gasteiger partial charge in [-0.1, -0.05) is 19.3 Å². The zero-order valence-corrected chi connectivity index (χ0v) is 17.7. The molecule has 1 saturated heterocycles. The van der Waals surface area contributed by atoms with E-state index in [-0.39, 0.29) is 35.0 Å². The van der Waals surface area contributed by atoms with Gasteiger partial charge in [-0.05, 0) is 57.8 Å². The van der Waals surface area contributed by atoms with Crippen molar-refractivity contribution in [2.45, 2.75) is 77.3 Å². The second kappa shape index (κ2) is 8.33. The van der Waals surface area contributed by atoms with E-state index >= 15 is 0 Å². The van der Waals surface area contributed by atoms with Crippen molar-refractivity contribution in [1.29, 1.82) is 0 Å². The maximum atomic E-state index is 13.2. The van der Waals surface area contributed by atoms with Gasteiger partial charge in [0, 0.05) is 37.6 Å². The average molecular weight is 400 g/mol. The molecule has 6 nitrogen and oxygen atoms in total. The van der Waals surface area contributed by atoms with Gasteiger partial charge in [0.1, 0.15) is 11.1 Å². The summed E-state index contributed by atoms with van der Waals surface area (Å²) in [7, 11) is 0. The van der Waals surface area contributed by atoms with E-state index in [9.17, 15) is 14.4 Å². The van der Waals surface area contributed by atoms with Crippen LogP contribution in [0, 0.1) is 11.8 Å². The quantitative estimate of drug-likeness (QED) is 0.825. The van der Waals surface area contributed by atoms with Crippen molar-refractivity contribution < 1.29 is 9.59 Å². The van der Waals surface area contributed by atoms with Gasteiger partial charge in [-0.15, -0.1) is 0 Å². The van der Waals surface area contributed by atoms with Crippen LogP contribution in [0.5, 0.6) is 0 Å². The highest BCUT2D eigenvalue weighted by molar-refractivity contribution is 5.99. The molecule has 2 saturated carbocycles. The third-order valence-corrected chi connectivity index (χ3v) is 7.06. The van der Waals surface area contributed by atoms with E-state index in [1.807, 2.05) is 23.3 Å². The minimum absolute atomic E-state index is 0.0575. The van der Waals surface area contributed by atoms with Crippen molar-refractivity contribution in [1.82, 2.24) is 14.8 Å². The maximum Gasteiger partial charge on any atom is 0.259 e. The monoisotopic (exact) mass is 399 g/mol. The van der Waals surface area contributed by atoms with E-state index < -0.39 is 5.43 Å². The molecule has 2 unspecified atom stereocenters. The molecule has 158 valence electrons. The van der Waals surface area contributed by atoms with Gasteiger partial charge in [0.05, 0.1) is 0 Å². The van der Waals surface area contributed by atoms with Crippen LogP contribution in [0.15, 0.2) is 17.2 Å². The molecule has 2 atom stereocenters. The van der Waals surface area contributed by atoms with E-state index in [0.717, 1.165) is 32.2 Å². The maximum absolute atomic E-state index is 13.2. The lowest BCUT2D eigenvalue weighted by Crippen LogP contribution is -2.42. The minimum Gasteiger partial charge on any atom is -0.352 e. The highest BCUT2D eigenvalue weighted by atomic mass is 16.2. The van der Waals surface area contributed by atoms with E-state index in [4.69, 9.17) is 0 Å². The van der Waals surface area contributed by atoms with E-state index in [2.05, 4.69) is 5.32 Å². The predicted molar refractivity (Wildman–Crippen MR) is 112 cm³/mol. The number of nitrogens with one attached hydrogen (secondary N) is 1. The Bertz CT molecular complexity index is 838. The lowest BCUT2D eigenvalue weighted by Gasteiger charge is -2.27. The highest BCUT2D eigenvalue weighted by Gasteiger charge is 2.41. The molecule has 1 aromatic heterocycles. The number of nitrogens with zero attached hydrogens (tertiary/aromatic N) is 2. The number of hydrogen-bond donors (Lipinski definition) is 1. The van der Waals surface area contributed by atoms with E-state index in [1.165, 1.54) is 25.7 Å². The minimum atomic E-state index is -0.434.